The summed E-state index contributed by atoms with van der Waals surface area (Å²) in [6.07, 6.45) is 0. The number of nitrogens with zero attached hydrogens (tertiary/aromatic N) is 1. The maximum Gasteiger partial charge on any atom is 0.234 e. The van der Waals surface area contributed by atoms with Gasteiger partial charge in [-0.2, -0.15) is 5.26 Å². The van der Waals surface area contributed by atoms with Crippen LogP contribution in [0.5, 0.6) is 0 Å². The number of halogens is 1. The van der Waals surface area contributed by atoms with Gasteiger partial charge in [0.2, 0.25) is 5.91 Å². The lowest BCUT2D eigenvalue weighted by Crippen LogP contribution is -2.47. The molecule has 0 aliphatic carbocycles. The normalized spacial score (nSPS) is 25.9. The van der Waals surface area contributed by atoms with E-state index in [1.807, 2.05) is 6.07 Å². The lowest BCUT2D eigenvalue weighted by atomic mass is 9.85. The summed E-state index contributed by atoms with van der Waals surface area (Å²) >= 11 is 0. The van der Waals surface area contributed by atoms with Crippen LogP contribution in [0, 0.1) is 22.6 Å². The molecule has 0 aromatic heterocycles. The molecular formula is C13H14FN3O2. The van der Waals surface area contributed by atoms with E-state index in [0.29, 0.717) is 6.61 Å². The van der Waals surface area contributed by atoms with Crippen molar-refractivity contribution in [1.82, 2.24) is 0 Å². The number of rotatable bonds is 2. The van der Waals surface area contributed by atoms with E-state index in [1.54, 1.807) is 6.92 Å². The summed E-state index contributed by atoms with van der Waals surface area (Å²) in [6, 6.07) is 5.27. The minimum Gasteiger partial charge on any atom is -0.379 e. The van der Waals surface area contributed by atoms with E-state index in [2.05, 4.69) is 5.32 Å². The molecule has 1 aliphatic heterocycles. The molecule has 1 aromatic carbocycles. The third-order valence-corrected chi connectivity index (χ3v) is 3.38. The second-order valence-electron chi connectivity index (χ2n) is 4.80. The largest absolute Gasteiger partial charge is 0.379 e. The van der Waals surface area contributed by atoms with E-state index >= 15 is 0 Å². The Morgan fingerprint density at radius 2 is 2.42 bits per heavy atom. The first-order chi connectivity index (χ1) is 8.97. The molecule has 0 saturated carbocycles. The highest BCUT2D eigenvalue weighted by Gasteiger charge is 2.44. The van der Waals surface area contributed by atoms with Crippen LogP contribution < -0.4 is 11.1 Å². The molecule has 0 radical (unpaired) electrons. The van der Waals surface area contributed by atoms with Crippen molar-refractivity contribution < 1.29 is 13.9 Å². The summed E-state index contributed by atoms with van der Waals surface area (Å²) in [5.41, 5.74) is 5.18. The Kier molecular flexibility index (Phi) is 3.51. The number of anilines is 1. The average molecular weight is 263 g/mol. The number of hydrogen-bond acceptors (Lipinski definition) is 4. The van der Waals surface area contributed by atoms with Crippen molar-refractivity contribution in [3.8, 4) is 6.07 Å². The van der Waals surface area contributed by atoms with E-state index in [4.69, 9.17) is 15.7 Å². The van der Waals surface area contributed by atoms with Crippen molar-refractivity contribution in [2.75, 3.05) is 18.5 Å². The zero-order valence-electron chi connectivity index (χ0n) is 10.4. The van der Waals surface area contributed by atoms with Gasteiger partial charge in [-0.15, -0.1) is 0 Å². The first-order valence-corrected chi connectivity index (χ1v) is 5.82. The maximum atomic E-state index is 13.7. The number of carbonyl (C=O) groups is 1. The van der Waals surface area contributed by atoms with Gasteiger partial charge in [0, 0.05) is 6.04 Å². The van der Waals surface area contributed by atoms with Gasteiger partial charge in [-0.1, -0.05) is 0 Å². The smallest absolute Gasteiger partial charge is 0.234 e. The number of amides is 1. The Hall–Kier alpha value is -1.97. The minimum atomic E-state index is -0.875. The fourth-order valence-electron chi connectivity index (χ4n) is 1.87. The van der Waals surface area contributed by atoms with Gasteiger partial charge < -0.3 is 15.8 Å². The molecule has 6 heteroatoms. The molecule has 100 valence electrons. The van der Waals surface area contributed by atoms with Crippen LogP contribution in [0.2, 0.25) is 0 Å². The van der Waals surface area contributed by atoms with Gasteiger partial charge in [0.1, 0.15) is 5.82 Å². The van der Waals surface area contributed by atoms with Crippen LogP contribution in [0.25, 0.3) is 0 Å². The standard InChI is InChI=1S/C13H14FN3O2/c1-13(7-19-6-11(13)16)12(18)17-10-3-2-8(5-15)4-9(10)14/h2-4,11H,6-7,16H2,1H3,(H,17,18). The van der Waals surface area contributed by atoms with Crippen molar-refractivity contribution >= 4 is 11.6 Å². The van der Waals surface area contributed by atoms with Crippen LogP contribution in [0.15, 0.2) is 18.2 Å². The molecule has 1 aliphatic rings. The summed E-state index contributed by atoms with van der Waals surface area (Å²) in [5, 5.41) is 11.1. The number of benzene rings is 1. The zero-order valence-corrected chi connectivity index (χ0v) is 10.4. The Balaban J connectivity index is 2.18. The number of nitriles is 1. The second kappa shape index (κ2) is 4.96. The number of nitrogens with one attached hydrogen (secondary N) is 1. The van der Waals surface area contributed by atoms with Gasteiger partial charge in [-0.05, 0) is 25.1 Å². The fourth-order valence-corrected chi connectivity index (χ4v) is 1.87. The summed E-state index contributed by atoms with van der Waals surface area (Å²) in [4.78, 5) is 12.2. The molecule has 2 atom stereocenters. The van der Waals surface area contributed by atoms with Gasteiger partial charge in [0.15, 0.2) is 0 Å². The molecule has 0 bridgehead atoms. The summed E-state index contributed by atoms with van der Waals surface area (Å²) in [5.74, 6) is -1.04. The molecule has 2 rings (SSSR count). The number of nitrogens with two attached hydrogens (primary N) is 1. The molecule has 1 saturated heterocycles. The molecule has 2 unspecified atom stereocenters. The van der Waals surface area contributed by atoms with Crippen LogP contribution in [-0.2, 0) is 9.53 Å². The van der Waals surface area contributed by atoms with Gasteiger partial charge in [-0.25, -0.2) is 4.39 Å². The topological polar surface area (TPSA) is 88.1 Å². The molecule has 5 nitrogen and oxygen atoms in total. The third-order valence-electron chi connectivity index (χ3n) is 3.38. The van der Waals surface area contributed by atoms with E-state index in [0.717, 1.165) is 6.07 Å². The van der Waals surface area contributed by atoms with Crippen LogP contribution in [0.3, 0.4) is 0 Å². The number of carbonyl (C=O) groups excluding carboxylic acids is 1. The summed E-state index contributed by atoms with van der Waals surface area (Å²) in [7, 11) is 0. The first-order valence-electron chi connectivity index (χ1n) is 5.82. The Labute approximate surface area is 110 Å². The molecule has 19 heavy (non-hydrogen) atoms. The van der Waals surface area contributed by atoms with Gasteiger partial charge in [-0.3, -0.25) is 4.79 Å². The van der Waals surface area contributed by atoms with Crippen molar-refractivity contribution in [1.29, 1.82) is 5.26 Å². The van der Waals surface area contributed by atoms with E-state index in [9.17, 15) is 9.18 Å². The zero-order chi connectivity index (χ0) is 14.0. The fraction of sp³-hybridized carbons (Fsp3) is 0.385. The summed E-state index contributed by atoms with van der Waals surface area (Å²) in [6.45, 7) is 2.19. The van der Waals surface area contributed by atoms with Crippen molar-refractivity contribution in [3.05, 3.63) is 29.6 Å². The summed E-state index contributed by atoms with van der Waals surface area (Å²) < 4.78 is 18.9. The quantitative estimate of drug-likeness (QED) is 0.833. The molecule has 1 aromatic rings. The SMILES string of the molecule is CC1(C(=O)Nc2ccc(C#N)cc2F)COCC1N. The van der Waals surface area contributed by atoms with Crippen LogP contribution in [0.4, 0.5) is 10.1 Å². The predicted molar refractivity (Wildman–Crippen MR) is 66.6 cm³/mol. The van der Waals surface area contributed by atoms with E-state index in [1.165, 1.54) is 12.1 Å². The number of hydrogen-bond donors (Lipinski definition) is 2. The molecule has 1 heterocycles. The highest BCUT2D eigenvalue weighted by molar-refractivity contribution is 5.96. The first kappa shape index (κ1) is 13.5. The Morgan fingerprint density at radius 1 is 1.68 bits per heavy atom. The highest BCUT2D eigenvalue weighted by Crippen LogP contribution is 2.29. The van der Waals surface area contributed by atoms with Crippen molar-refractivity contribution in [2.24, 2.45) is 11.1 Å². The number of ether oxygens (including phenoxy) is 1. The van der Waals surface area contributed by atoms with Crippen LogP contribution >= 0.6 is 0 Å². The maximum absolute atomic E-state index is 13.7. The van der Waals surface area contributed by atoms with Crippen molar-refractivity contribution in [3.63, 3.8) is 0 Å². The molecule has 1 amide bonds. The van der Waals surface area contributed by atoms with E-state index in [-0.39, 0.29) is 23.8 Å². The van der Waals surface area contributed by atoms with Crippen molar-refractivity contribution in [2.45, 2.75) is 13.0 Å². The van der Waals surface area contributed by atoms with Gasteiger partial charge in [0.25, 0.3) is 0 Å². The lowest BCUT2D eigenvalue weighted by Gasteiger charge is -2.25. The molecular weight excluding hydrogens is 249 g/mol. The van der Waals surface area contributed by atoms with E-state index < -0.39 is 17.3 Å². The van der Waals surface area contributed by atoms with Gasteiger partial charge in [0.05, 0.1) is 35.9 Å². The monoisotopic (exact) mass is 263 g/mol. The Bertz CT molecular complexity index is 555. The lowest BCUT2D eigenvalue weighted by molar-refractivity contribution is -0.125. The Morgan fingerprint density at radius 3 is 2.95 bits per heavy atom. The molecule has 1 fully saturated rings. The van der Waals surface area contributed by atoms with Gasteiger partial charge >= 0.3 is 0 Å². The average Bonchev–Trinajstić information content (AvgIpc) is 2.73. The molecule has 3 N–H and O–H groups in total. The predicted octanol–water partition coefficient (Wildman–Crippen LogP) is 1.000. The van der Waals surface area contributed by atoms with Crippen LogP contribution in [-0.4, -0.2) is 25.2 Å². The highest BCUT2D eigenvalue weighted by atomic mass is 19.1. The second-order valence-corrected chi connectivity index (χ2v) is 4.80. The van der Waals surface area contributed by atoms with Crippen LogP contribution in [0.1, 0.15) is 12.5 Å². The third kappa shape index (κ3) is 2.43. The minimum absolute atomic E-state index is 0.0318. The molecule has 0 spiro atoms.